The van der Waals surface area contributed by atoms with Gasteiger partial charge >= 0.3 is 0 Å². The van der Waals surface area contributed by atoms with E-state index in [4.69, 9.17) is 10.5 Å². The zero-order valence-corrected chi connectivity index (χ0v) is 10.6. The van der Waals surface area contributed by atoms with Crippen molar-refractivity contribution in [2.45, 2.75) is 37.7 Å². The van der Waals surface area contributed by atoms with E-state index >= 15 is 0 Å². The predicted molar refractivity (Wildman–Crippen MR) is 68.8 cm³/mol. The highest BCUT2D eigenvalue weighted by Gasteiger charge is 2.48. The quantitative estimate of drug-likeness (QED) is 0.735. The number of aliphatic hydroxyl groups is 2. The van der Waals surface area contributed by atoms with Gasteiger partial charge in [-0.25, -0.2) is 0 Å². The molecule has 4 atom stereocenters. The van der Waals surface area contributed by atoms with Crippen LogP contribution in [0.1, 0.15) is 18.9 Å². The molecule has 0 amide bonds. The van der Waals surface area contributed by atoms with E-state index in [0.29, 0.717) is 19.6 Å². The lowest BCUT2D eigenvalue weighted by Crippen LogP contribution is -2.48. The van der Waals surface area contributed by atoms with Crippen LogP contribution in [0.15, 0.2) is 30.3 Å². The Balaban J connectivity index is 1.82. The van der Waals surface area contributed by atoms with Crippen molar-refractivity contribution in [2.75, 3.05) is 6.61 Å². The van der Waals surface area contributed by atoms with Gasteiger partial charge in [0.25, 0.3) is 0 Å². The summed E-state index contributed by atoms with van der Waals surface area (Å²) in [5, 5.41) is 20.0. The molecule has 18 heavy (non-hydrogen) atoms. The molecule has 0 unspecified atom stereocenters. The van der Waals surface area contributed by atoms with Crippen LogP contribution in [0.4, 0.5) is 0 Å². The van der Waals surface area contributed by atoms with Gasteiger partial charge < -0.3 is 20.7 Å². The molecule has 100 valence electrons. The zero-order chi connectivity index (χ0) is 13.2. The number of ether oxygens (including phenoxy) is 1. The molecule has 1 saturated carbocycles. The van der Waals surface area contributed by atoms with Gasteiger partial charge in [0.05, 0.1) is 19.3 Å². The van der Waals surface area contributed by atoms with E-state index in [1.165, 1.54) is 0 Å². The van der Waals surface area contributed by atoms with Gasteiger partial charge in [0.15, 0.2) is 0 Å². The molecule has 1 aliphatic rings. The largest absolute Gasteiger partial charge is 0.390 e. The van der Waals surface area contributed by atoms with Gasteiger partial charge in [-0.15, -0.1) is 0 Å². The minimum Gasteiger partial charge on any atom is -0.390 e. The molecule has 0 aromatic heterocycles. The maximum absolute atomic E-state index is 9.99. The topological polar surface area (TPSA) is 75.7 Å². The lowest BCUT2D eigenvalue weighted by molar-refractivity contribution is -0.0732. The van der Waals surface area contributed by atoms with Gasteiger partial charge in [-0.05, 0) is 18.9 Å². The minimum atomic E-state index is -1.21. The monoisotopic (exact) mass is 251 g/mol. The van der Waals surface area contributed by atoms with E-state index in [1.807, 2.05) is 30.3 Å². The van der Waals surface area contributed by atoms with Crippen molar-refractivity contribution >= 4 is 0 Å². The Morgan fingerprint density at radius 1 is 1.39 bits per heavy atom. The van der Waals surface area contributed by atoms with E-state index in [-0.39, 0.29) is 5.92 Å². The summed E-state index contributed by atoms with van der Waals surface area (Å²) >= 11 is 0. The third-order valence-corrected chi connectivity index (χ3v) is 3.80. The van der Waals surface area contributed by atoms with Crippen LogP contribution in [0.5, 0.6) is 0 Å². The fraction of sp³-hybridized carbons (Fsp3) is 0.571. The lowest BCUT2D eigenvalue weighted by atomic mass is 9.97. The Bertz CT molecular complexity index is 380. The summed E-state index contributed by atoms with van der Waals surface area (Å²) in [4.78, 5) is 0. The fourth-order valence-electron chi connectivity index (χ4n) is 2.45. The van der Waals surface area contributed by atoms with Crippen LogP contribution in [-0.4, -0.2) is 34.6 Å². The molecule has 1 aromatic rings. The summed E-state index contributed by atoms with van der Waals surface area (Å²) in [6.07, 6.45) is -0.230. The average Bonchev–Trinajstić information content (AvgIpc) is 2.55. The molecule has 0 spiro atoms. The minimum absolute atomic E-state index is 0.0984. The molecule has 1 aromatic carbocycles. The van der Waals surface area contributed by atoms with Crippen molar-refractivity contribution in [3.8, 4) is 0 Å². The molecule has 1 fully saturated rings. The van der Waals surface area contributed by atoms with Gasteiger partial charge in [0, 0.05) is 12.0 Å². The SMILES string of the molecule is C[C@]1(O)[C@H](N)C[C@H](COCc2ccccc2)[C@H]1O. The van der Waals surface area contributed by atoms with Crippen LogP contribution in [-0.2, 0) is 11.3 Å². The Hall–Kier alpha value is -0.940. The van der Waals surface area contributed by atoms with Crippen molar-refractivity contribution in [3.63, 3.8) is 0 Å². The van der Waals surface area contributed by atoms with Crippen molar-refractivity contribution < 1.29 is 14.9 Å². The molecule has 2 rings (SSSR count). The van der Waals surface area contributed by atoms with Crippen molar-refractivity contribution in [1.82, 2.24) is 0 Å². The highest BCUT2D eigenvalue weighted by atomic mass is 16.5. The maximum Gasteiger partial charge on any atom is 0.103 e. The Morgan fingerprint density at radius 2 is 2.06 bits per heavy atom. The Labute approximate surface area is 107 Å². The molecule has 0 saturated heterocycles. The first-order valence-corrected chi connectivity index (χ1v) is 6.29. The van der Waals surface area contributed by atoms with E-state index < -0.39 is 17.7 Å². The molecule has 4 N–H and O–H groups in total. The molecular weight excluding hydrogens is 230 g/mol. The van der Waals surface area contributed by atoms with Crippen LogP contribution >= 0.6 is 0 Å². The first-order chi connectivity index (χ1) is 8.51. The summed E-state index contributed by atoms with van der Waals surface area (Å²) < 4.78 is 5.59. The van der Waals surface area contributed by atoms with E-state index in [2.05, 4.69) is 0 Å². The third kappa shape index (κ3) is 2.72. The van der Waals surface area contributed by atoms with Gasteiger partial charge in [-0.2, -0.15) is 0 Å². The molecular formula is C14H21NO3. The van der Waals surface area contributed by atoms with Crippen LogP contribution in [0.2, 0.25) is 0 Å². The molecule has 0 heterocycles. The second-order valence-electron chi connectivity index (χ2n) is 5.27. The third-order valence-electron chi connectivity index (χ3n) is 3.80. The lowest BCUT2D eigenvalue weighted by Gasteiger charge is -2.27. The summed E-state index contributed by atoms with van der Waals surface area (Å²) in [6.45, 7) is 2.51. The number of benzene rings is 1. The van der Waals surface area contributed by atoms with Crippen LogP contribution in [0.3, 0.4) is 0 Å². The van der Waals surface area contributed by atoms with E-state index in [0.717, 1.165) is 5.56 Å². The second-order valence-corrected chi connectivity index (χ2v) is 5.27. The summed E-state index contributed by atoms with van der Waals surface area (Å²) in [7, 11) is 0. The van der Waals surface area contributed by atoms with Crippen LogP contribution in [0.25, 0.3) is 0 Å². The van der Waals surface area contributed by atoms with Gasteiger partial charge in [-0.1, -0.05) is 30.3 Å². The number of rotatable bonds is 4. The molecule has 0 radical (unpaired) electrons. The maximum atomic E-state index is 9.99. The molecule has 4 heteroatoms. The molecule has 1 aliphatic carbocycles. The number of hydrogen-bond donors (Lipinski definition) is 3. The normalized spacial score (nSPS) is 35.9. The highest BCUT2D eigenvalue weighted by molar-refractivity contribution is 5.13. The standard InChI is InChI=1S/C14H21NO3/c1-14(17)12(15)7-11(13(14)16)9-18-8-10-5-3-2-4-6-10/h2-6,11-13,16-17H,7-9,15H2,1H3/t11-,12-,13-,14+/m1/s1. The summed E-state index contributed by atoms with van der Waals surface area (Å²) in [6, 6.07) is 9.48. The van der Waals surface area contributed by atoms with E-state index in [9.17, 15) is 10.2 Å². The van der Waals surface area contributed by atoms with Crippen molar-refractivity contribution in [1.29, 1.82) is 0 Å². The Kier molecular flexibility index (Phi) is 4.02. The molecule has 0 bridgehead atoms. The Morgan fingerprint density at radius 3 is 2.61 bits per heavy atom. The van der Waals surface area contributed by atoms with Gasteiger partial charge in [0.1, 0.15) is 5.60 Å². The number of hydrogen-bond acceptors (Lipinski definition) is 4. The number of nitrogens with two attached hydrogens (primary N) is 1. The number of aliphatic hydroxyl groups excluding tert-OH is 1. The summed E-state index contributed by atoms with van der Waals surface area (Å²) in [5.74, 6) is -0.0984. The second kappa shape index (κ2) is 5.36. The van der Waals surface area contributed by atoms with Crippen molar-refractivity contribution in [2.24, 2.45) is 11.7 Å². The molecule has 0 aliphatic heterocycles. The summed E-state index contributed by atoms with van der Waals surface area (Å²) in [5.41, 5.74) is 5.70. The van der Waals surface area contributed by atoms with Crippen LogP contribution < -0.4 is 5.73 Å². The smallest absolute Gasteiger partial charge is 0.103 e. The zero-order valence-electron chi connectivity index (χ0n) is 10.6. The predicted octanol–water partition coefficient (Wildman–Crippen LogP) is 0.662. The first-order valence-electron chi connectivity index (χ1n) is 6.29. The van der Waals surface area contributed by atoms with Crippen molar-refractivity contribution in [3.05, 3.63) is 35.9 Å². The first kappa shape index (κ1) is 13.5. The fourth-order valence-corrected chi connectivity index (χ4v) is 2.45. The van der Waals surface area contributed by atoms with Gasteiger partial charge in [-0.3, -0.25) is 0 Å². The highest BCUT2D eigenvalue weighted by Crippen LogP contribution is 2.34. The van der Waals surface area contributed by atoms with Gasteiger partial charge in [0.2, 0.25) is 0 Å². The molecule has 4 nitrogen and oxygen atoms in total. The van der Waals surface area contributed by atoms with E-state index in [1.54, 1.807) is 6.92 Å². The average molecular weight is 251 g/mol. The van der Waals surface area contributed by atoms with Crippen LogP contribution in [0, 0.1) is 5.92 Å².